The van der Waals surface area contributed by atoms with Gasteiger partial charge in [-0.2, -0.15) is 0 Å². The zero-order valence-corrected chi connectivity index (χ0v) is 15.4. The molecule has 0 aliphatic carbocycles. The van der Waals surface area contributed by atoms with Crippen molar-refractivity contribution in [2.24, 2.45) is 0 Å². The maximum atomic E-state index is 13.6. The molecule has 1 heterocycles. The number of aliphatic carboxylic acids is 1. The van der Waals surface area contributed by atoms with Crippen molar-refractivity contribution in [2.75, 3.05) is 0 Å². The van der Waals surface area contributed by atoms with E-state index in [1.807, 2.05) is 78.9 Å². The number of hydrogen-bond donors (Lipinski definition) is 1. The Morgan fingerprint density at radius 3 is 2.07 bits per heavy atom. The topological polar surface area (TPSA) is 57.6 Å². The third kappa shape index (κ3) is 3.29. The van der Waals surface area contributed by atoms with E-state index in [0.717, 1.165) is 16.7 Å². The van der Waals surface area contributed by atoms with Crippen molar-refractivity contribution in [3.8, 4) is 11.1 Å². The first-order valence-corrected chi connectivity index (χ1v) is 9.41. The zero-order chi connectivity index (χ0) is 19.5. The van der Waals surface area contributed by atoms with Gasteiger partial charge in [0.15, 0.2) is 0 Å². The standard InChI is InChI=1S/C24H21NO3/c26-23(20-14-8-7-13-19(20)17-9-3-1-4-10-17)25-21(15-16-22(25)24(27)28)18-11-5-2-6-12-18/h1-14,21-22H,15-16H2,(H,27,28). The van der Waals surface area contributed by atoms with Crippen molar-refractivity contribution in [3.05, 3.63) is 96.1 Å². The molecule has 3 aromatic carbocycles. The molecule has 0 saturated carbocycles. The third-order valence-corrected chi connectivity index (χ3v) is 5.33. The molecule has 4 rings (SSSR count). The second kappa shape index (κ2) is 7.69. The maximum absolute atomic E-state index is 13.6. The molecule has 0 bridgehead atoms. The molecule has 4 nitrogen and oxygen atoms in total. The van der Waals surface area contributed by atoms with E-state index in [1.54, 1.807) is 11.0 Å². The molecule has 3 aromatic rings. The van der Waals surface area contributed by atoms with Gasteiger partial charge in [0.2, 0.25) is 0 Å². The number of rotatable bonds is 4. The Labute approximate surface area is 164 Å². The fourth-order valence-corrected chi connectivity index (χ4v) is 4.02. The average molecular weight is 371 g/mol. The van der Waals surface area contributed by atoms with Gasteiger partial charge in [0.05, 0.1) is 6.04 Å². The number of likely N-dealkylation sites (tertiary alicyclic amines) is 1. The quantitative estimate of drug-likeness (QED) is 0.718. The van der Waals surface area contributed by atoms with Crippen LogP contribution in [0.3, 0.4) is 0 Å². The van der Waals surface area contributed by atoms with E-state index in [9.17, 15) is 14.7 Å². The third-order valence-electron chi connectivity index (χ3n) is 5.33. The molecule has 0 aromatic heterocycles. The van der Waals surface area contributed by atoms with E-state index in [1.165, 1.54) is 0 Å². The summed E-state index contributed by atoms with van der Waals surface area (Å²) >= 11 is 0. The molecule has 1 aliphatic heterocycles. The molecule has 1 aliphatic rings. The van der Waals surface area contributed by atoms with E-state index in [2.05, 4.69) is 0 Å². The molecular formula is C24H21NO3. The highest BCUT2D eigenvalue weighted by atomic mass is 16.4. The van der Waals surface area contributed by atoms with Crippen LogP contribution in [-0.2, 0) is 4.79 Å². The van der Waals surface area contributed by atoms with Crippen molar-refractivity contribution in [1.82, 2.24) is 4.90 Å². The summed E-state index contributed by atoms with van der Waals surface area (Å²) in [5.41, 5.74) is 3.25. The average Bonchev–Trinajstić information content (AvgIpc) is 3.20. The van der Waals surface area contributed by atoms with E-state index >= 15 is 0 Å². The van der Waals surface area contributed by atoms with Crippen LogP contribution >= 0.6 is 0 Å². The van der Waals surface area contributed by atoms with E-state index in [-0.39, 0.29) is 11.9 Å². The number of carboxylic acid groups (broad SMARTS) is 1. The molecular weight excluding hydrogens is 350 g/mol. The van der Waals surface area contributed by atoms with Gasteiger partial charge in [0, 0.05) is 5.56 Å². The number of nitrogens with zero attached hydrogens (tertiary/aromatic N) is 1. The molecule has 28 heavy (non-hydrogen) atoms. The highest BCUT2D eigenvalue weighted by molar-refractivity contribution is 6.02. The number of carboxylic acids is 1. The van der Waals surface area contributed by atoms with Crippen LogP contribution in [0.25, 0.3) is 11.1 Å². The second-order valence-corrected chi connectivity index (χ2v) is 6.98. The van der Waals surface area contributed by atoms with Crippen molar-refractivity contribution in [2.45, 2.75) is 24.9 Å². The molecule has 2 unspecified atom stereocenters. The Balaban J connectivity index is 1.78. The summed E-state index contributed by atoms with van der Waals surface area (Å²) in [6, 6.07) is 25.7. The van der Waals surface area contributed by atoms with Gasteiger partial charge < -0.3 is 10.0 Å². The van der Waals surface area contributed by atoms with Crippen LogP contribution in [0.4, 0.5) is 0 Å². The summed E-state index contributed by atoms with van der Waals surface area (Å²) in [6.45, 7) is 0. The molecule has 1 amide bonds. The normalized spacial score (nSPS) is 18.8. The fraction of sp³-hybridized carbons (Fsp3) is 0.167. The minimum atomic E-state index is -0.955. The van der Waals surface area contributed by atoms with Gasteiger partial charge in [-0.05, 0) is 35.6 Å². The lowest BCUT2D eigenvalue weighted by Gasteiger charge is -2.29. The smallest absolute Gasteiger partial charge is 0.326 e. The molecule has 1 saturated heterocycles. The predicted molar refractivity (Wildman–Crippen MR) is 108 cm³/mol. The number of amides is 1. The number of benzene rings is 3. The summed E-state index contributed by atoms with van der Waals surface area (Å²) in [6.07, 6.45) is 1.09. The zero-order valence-electron chi connectivity index (χ0n) is 15.4. The van der Waals surface area contributed by atoms with Crippen LogP contribution in [0.15, 0.2) is 84.9 Å². The summed E-state index contributed by atoms with van der Waals surface area (Å²) in [7, 11) is 0. The molecule has 1 N–H and O–H groups in total. The summed E-state index contributed by atoms with van der Waals surface area (Å²) < 4.78 is 0. The molecule has 140 valence electrons. The van der Waals surface area contributed by atoms with Gasteiger partial charge >= 0.3 is 5.97 Å². The summed E-state index contributed by atoms with van der Waals surface area (Å²) in [4.78, 5) is 27.0. The molecule has 1 fully saturated rings. The monoisotopic (exact) mass is 371 g/mol. The van der Waals surface area contributed by atoms with Gasteiger partial charge in [-0.1, -0.05) is 78.9 Å². The van der Waals surface area contributed by atoms with Gasteiger partial charge in [0.1, 0.15) is 6.04 Å². The SMILES string of the molecule is O=C(O)C1CCC(c2ccccc2)N1C(=O)c1ccccc1-c1ccccc1. The number of hydrogen-bond acceptors (Lipinski definition) is 2. The number of carbonyl (C=O) groups excluding carboxylic acids is 1. The highest BCUT2D eigenvalue weighted by Crippen LogP contribution is 2.38. The van der Waals surface area contributed by atoms with Crippen molar-refractivity contribution < 1.29 is 14.7 Å². The van der Waals surface area contributed by atoms with Crippen molar-refractivity contribution >= 4 is 11.9 Å². The van der Waals surface area contributed by atoms with Gasteiger partial charge in [0.25, 0.3) is 5.91 Å². The Morgan fingerprint density at radius 1 is 0.786 bits per heavy atom. The lowest BCUT2D eigenvalue weighted by atomic mass is 9.97. The minimum Gasteiger partial charge on any atom is -0.480 e. The van der Waals surface area contributed by atoms with Crippen LogP contribution in [0, 0.1) is 0 Å². The lowest BCUT2D eigenvalue weighted by Crippen LogP contribution is -2.42. The Hall–Kier alpha value is -3.40. The fourth-order valence-electron chi connectivity index (χ4n) is 4.02. The van der Waals surface area contributed by atoms with Crippen LogP contribution < -0.4 is 0 Å². The molecule has 0 spiro atoms. The van der Waals surface area contributed by atoms with Crippen molar-refractivity contribution in [3.63, 3.8) is 0 Å². The highest BCUT2D eigenvalue weighted by Gasteiger charge is 2.42. The van der Waals surface area contributed by atoms with Crippen LogP contribution in [0.1, 0.15) is 34.8 Å². The first kappa shape index (κ1) is 18.0. The van der Waals surface area contributed by atoms with Crippen LogP contribution in [0.2, 0.25) is 0 Å². The van der Waals surface area contributed by atoms with Crippen molar-refractivity contribution in [1.29, 1.82) is 0 Å². The summed E-state index contributed by atoms with van der Waals surface area (Å²) in [5, 5.41) is 9.74. The summed E-state index contributed by atoms with van der Waals surface area (Å²) in [5.74, 6) is -1.19. The molecule has 0 radical (unpaired) electrons. The molecule has 4 heteroatoms. The maximum Gasteiger partial charge on any atom is 0.326 e. The molecule has 2 atom stereocenters. The van der Waals surface area contributed by atoms with Crippen LogP contribution in [0.5, 0.6) is 0 Å². The Bertz CT molecular complexity index is 985. The lowest BCUT2D eigenvalue weighted by molar-refractivity contribution is -0.141. The largest absolute Gasteiger partial charge is 0.480 e. The van der Waals surface area contributed by atoms with Gasteiger partial charge in [-0.15, -0.1) is 0 Å². The van der Waals surface area contributed by atoms with E-state index < -0.39 is 12.0 Å². The minimum absolute atomic E-state index is 0.237. The Morgan fingerprint density at radius 2 is 1.39 bits per heavy atom. The van der Waals surface area contributed by atoms with E-state index in [0.29, 0.717) is 18.4 Å². The second-order valence-electron chi connectivity index (χ2n) is 6.98. The van der Waals surface area contributed by atoms with E-state index in [4.69, 9.17) is 0 Å². The van der Waals surface area contributed by atoms with Gasteiger partial charge in [-0.25, -0.2) is 4.79 Å². The predicted octanol–water partition coefficient (Wildman–Crippen LogP) is 4.78. The first-order valence-electron chi connectivity index (χ1n) is 9.41. The Kier molecular flexibility index (Phi) is 4.94. The van der Waals surface area contributed by atoms with Crippen LogP contribution in [-0.4, -0.2) is 27.9 Å². The first-order chi connectivity index (χ1) is 13.7. The number of carbonyl (C=O) groups is 2. The van der Waals surface area contributed by atoms with Gasteiger partial charge in [-0.3, -0.25) is 4.79 Å².